The van der Waals surface area contributed by atoms with Crippen LogP contribution in [0.3, 0.4) is 0 Å². The van der Waals surface area contributed by atoms with Crippen LogP contribution in [-0.4, -0.2) is 12.5 Å². The smallest absolute Gasteiger partial charge is 0.224 e. The van der Waals surface area contributed by atoms with E-state index in [0.717, 1.165) is 18.9 Å². The molecule has 100 valence electrons. The van der Waals surface area contributed by atoms with Gasteiger partial charge >= 0.3 is 0 Å². The van der Waals surface area contributed by atoms with Gasteiger partial charge in [0.15, 0.2) is 11.6 Å². The lowest BCUT2D eigenvalue weighted by Crippen LogP contribution is -2.30. The van der Waals surface area contributed by atoms with Crippen LogP contribution in [0.25, 0.3) is 0 Å². The molecule has 1 aromatic carbocycles. The Kier molecular flexibility index (Phi) is 5.75. The highest BCUT2D eigenvalue weighted by atomic mass is 19.2. The van der Waals surface area contributed by atoms with Crippen LogP contribution in [0.15, 0.2) is 18.2 Å². The summed E-state index contributed by atoms with van der Waals surface area (Å²) in [4.78, 5) is 11.6. The van der Waals surface area contributed by atoms with E-state index in [9.17, 15) is 13.6 Å². The average Bonchev–Trinajstić information content (AvgIpc) is 2.36. The quantitative estimate of drug-likeness (QED) is 0.831. The summed E-state index contributed by atoms with van der Waals surface area (Å²) in [6.07, 6.45) is 1.86. The minimum Gasteiger partial charge on any atom is -0.356 e. The molecule has 0 saturated heterocycles. The molecule has 18 heavy (non-hydrogen) atoms. The van der Waals surface area contributed by atoms with Crippen molar-refractivity contribution >= 4 is 5.91 Å². The molecule has 0 aliphatic heterocycles. The minimum atomic E-state index is -0.935. The molecule has 0 heterocycles. The van der Waals surface area contributed by atoms with E-state index in [1.165, 1.54) is 12.1 Å². The summed E-state index contributed by atoms with van der Waals surface area (Å²) in [5, 5.41) is 2.75. The average molecular weight is 255 g/mol. The zero-order chi connectivity index (χ0) is 13.5. The fraction of sp³-hybridized carbons (Fsp3) is 0.500. The Labute approximate surface area is 106 Å². The van der Waals surface area contributed by atoms with Crippen molar-refractivity contribution in [3.63, 3.8) is 0 Å². The Morgan fingerprint density at radius 1 is 1.28 bits per heavy atom. The van der Waals surface area contributed by atoms with Gasteiger partial charge in [-0.1, -0.05) is 38.8 Å². The predicted octanol–water partition coefficient (Wildman–Crippen LogP) is 3.06. The van der Waals surface area contributed by atoms with Crippen molar-refractivity contribution in [1.82, 2.24) is 5.32 Å². The molecule has 0 spiro atoms. The van der Waals surface area contributed by atoms with Crippen LogP contribution in [-0.2, 0) is 11.2 Å². The molecule has 2 nitrogen and oxygen atoms in total. The monoisotopic (exact) mass is 255 g/mol. The van der Waals surface area contributed by atoms with Crippen LogP contribution in [0.2, 0.25) is 0 Å². The molecule has 1 aromatic rings. The SMILES string of the molecule is CCC(CC)CNC(=O)Cc1cccc(F)c1F. The summed E-state index contributed by atoms with van der Waals surface area (Å²) in [5.74, 6) is -1.69. The Hall–Kier alpha value is -1.45. The summed E-state index contributed by atoms with van der Waals surface area (Å²) in [7, 11) is 0. The van der Waals surface area contributed by atoms with Crippen LogP contribution >= 0.6 is 0 Å². The molecule has 1 rings (SSSR count). The third-order valence-electron chi connectivity index (χ3n) is 3.13. The zero-order valence-electron chi connectivity index (χ0n) is 10.8. The summed E-state index contributed by atoms with van der Waals surface area (Å²) >= 11 is 0. The Bertz CT molecular complexity index is 403. The maximum Gasteiger partial charge on any atom is 0.224 e. The molecule has 0 aliphatic rings. The molecule has 1 N–H and O–H groups in total. The Morgan fingerprint density at radius 2 is 1.94 bits per heavy atom. The second-order valence-electron chi connectivity index (χ2n) is 4.38. The van der Waals surface area contributed by atoms with Crippen molar-refractivity contribution in [3.8, 4) is 0 Å². The molecular formula is C14H19F2NO. The normalized spacial score (nSPS) is 10.7. The maximum atomic E-state index is 13.3. The first kappa shape index (κ1) is 14.6. The third-order valence-corrected chi connectivity index (χ3v) is 3.13. The Morgan fingerprint density at radius 3 is 2.56 bits per heavy atom. The molecule has 0 atom stereocenters. The standard InChI is InChI=1S/C14H19F2NO/c1-3-10(4-2)9-17-13(18)8-11-6-5-7-12(15)14(11)16/h5-7,10H,3-4,8-9H2,1-2H3,(H,17,18). The van der Waals surface area contributed by atoms with Crippen LogP contribution in [0.1, 0.15) is 32.3 Å². The van der Waals surface area contributed by atoms with Gasteiger partial charge < -0.3 is 5.32 Å². The molecule has 0 radical (unpaired) electrons. The van der Waals surface area contributed by atoms with E-state index in [4.69, 9.17) is 0 Å². The van der Waals surface area contributed by atoms with Crippen LogP contribution in [0.5, 0.6) is 0 Å². The fourth-order valence-electron chi connectivity index (χ4n) is 1.76. The van der Waals surface area contributed by atoms with E-state index in [0.29, 0.717) is 12.5 Å². The van der Waals surface area contributed by atoms with Gasteiger partial charge in [0.2, 0.25) is 5.91 Å². The lowest BCUT2D eigenvalue weighted by atomic mass is 10.0. The largest absolute Gasteiger partial charge is 0.356 e. The molecule has 0 bridgehead atoms. The van der Waals surface area contributed by atoms with Gasteiger partial charge in [0.05, 0.1) is 6.42 Å². The first-order valence-corrected chi connectivity index (χ1v) is 6.28. The molecule has 0 aromatic heterocycles. The molecule has 0 saturated carbocycles. The lowest BCUT2D eigenvalue weighted by molar-refractivity contribution is -0.120. The molecular weight excluding hydrogens is 236 g/mol. The zero-order valence-corrected chi connectivity index (χ0v) is 10.8. The topological polar surface area (TPSA) is 29.1 Å². The van der Waals surface area contributed by atoms with Crippen molar-refractivity contribution in [2.45, 2.75) is 33.1 Å². The first-order chi connectivity index (χ1) is 8.58. The number of hydrogen-bond acceptors (Lipinski definition) is 1. The molecule has 0 unspecified atom stereocenters. The number of hydrogen-bond donors (Lipinski definition) is 1. The first-order valence-electron chi connectivity index (χ1n) is 6.28. The van der Waals surface area contributed by atoms with Gasteiger partial charge in [0.1, 0.15) is 0 Å². The summed E-state index contributed by atoms with van der Waals surface area (Å²) in [6, 6.07) is 3.87. The number of benzene rings is 1. The van der Waals surface area contributed by atoms with Gasteiger partial charge in [-0.3, -0.25) is 4.79 Å². The minimum absolute atomic E-state index is 0.0945. The maximum absolute atomic E-state index is 13.3. The van der Waals surface area contributed by atoms with Crippen molar-refractivity contribution in [2.24, 2.45) is 5.92 Å². The van der Waals surface area contributed by atoms with Gasteiger partial charge in [-0.05, 0) is 12.0 Å². The van der Waals surface area contributed by atoms with Gasteiger partial charge in [-0.2, -0.15) is 0 Å². The number of carbonyl (C=O) groups is 1. The number of rotatable bonds is 6. The van der Waals surface area contributed by atoms with Crippen LogP contribution in [0.4, 0.5) is 8.78 Å². The second kappa shape index (κ2) is 7.09. The second-order valence-corrected chi connectivity index (χ2v) is 4.38. The van der Waals surface area contributed by atoms with Crippen molar-refractivity contribution in [1.29, 1.82) is 0 Å². The third kappa shape index (κ3) is 4.09. The number of carbonyl (C=O) groups excluding carboxylic acids is 1. The van der Waals surface area contributed by atoms with E-state index >= 15 is 0 Å². The fourth-order valence-corrected chi connectivity index (χ4v) is 1.76. The van der Waals surface area contributed by atoms with Crippen LogP contribution < -0.4 is 5.32 Å². The van der Waals surface area contributed by atoms with E-state index in [1.54, 1.807) is 0 Å². The summed E-state index contributed by atoms with van der Waals surface area (Å²) in [5.41, 5.74) is 0.0945. The van der Waals surface area contributed by atoms with Crippen molar-refractivity contribution < 1.29 is 13.6 Å². The predicted molar refractivity (Wildman–Crippen MR) is 67.1 cm³/mol. The van der Waals surface area contributed by atoms with Crippen molar-refractivity contribution in [2.75, 3.05) is 6.54 Å². The van der Waals surface area contributed by atoms with Gasteiger partial charge in [0, 0.05) is 12.1 Å². The summed E-state index contributed by atoms with van der Waals surface area (Å²) in [6.45, 7) is 4.71. The Balaban J connectivity index is 2.52. The number of amides is 1. The van der Waals surface area contributed by atoms with E-state index in [-0.39, 0.29) is 17.9 Å². The van der Waals surface area contributed by atoms with Gasteiger partial charge in [0.25, 0.3) is 0 Å². The van der Waals surface area contributed by atoms with Crippen molar-refractivity contribution in [3.05, 3.63) is 35.4 Å². The molecule has 1 amide bonds. The van der Waals surface area contributed by atoms with Gasteiger partial charge in [-0.25, -0.2) is 8.78 Å². The lowest BCUT2D eigenvalue weighted by Gasteiger charge is -2.13. The van der Waals surface area contributed by atoms with E-state index in [2.05, 4.69) is 19.2 Å². The van der Waals surface area contributed by atoms with E-state index < -0.39 is 11.6 Å². The molecule has 4 heteroatoms. The van der Waals surface area contributed by atoms with Crippen LogP contribution in [0, 0.1) is 17.6 Å². The highest BCUT2D eigenvalue weighted by molar-refractivity contribution is 5.78. The summed E-state index contributed by atoms with van der Waals surface area (Å²) < 4.78 is 26.3. The number of nitrogens with one attached hydrogen (secondary N) is 1. The molecule has 0 fully saturated rings. The number of halogens is 2. The molecule has 0 aliphatic carbocycles. The van der Waals surface area contributed by atoms with Gasteiger partial charge in [-0.15, -0.1) is 0 Å². The van der Waals surface area contributed by atoms with E-state index in [1.807, 2.05) is 0 Å². The highest BCUT2D eigenvalue weighted by Crippen LogP contribution is 2.12. The highest BCUT2D eigenvalue weighted by Gasteiger charge is 2.12.